The van der Waals surface area contributed by atoms with Crippen LogP contribution < -0.4 is 5.32 Å². The fraction of sp³-hybridized carbons (Fsp3) is 0.318. The Bertz CT molecular complexity index is 837. The van der Waals surface area contributed by atoms with Gasteiger partial charge in [-0.1, -0.05) is 42.5 Å². The molecule has 1 amide bonds. The largest absolute Gasteiger partial charge is 0.416 e. The molecule has 7 heteroatoms. The Balaban J connectivity index is 1.47. The van der Waals surface area contributed by atoms with Crippen LogP contribution in [-0.4, -0.2) is 43.2 Å². The Hall–Kier alpha value is -2.64. The van der Waals surface area contributed by atoms with Crippen molar-refractivity contribution in [2.75, 3.05) is 26.2 Å². The van der Waals surface area contributed by atoms with Gasteiger partial charge in [0.05, 0.1) is 18.3 Å². The summed E-state index contributed by atoms with van der Waals surface area (Å²) in [5, 5.41) is 2.75. The highest BCUT2D eigenvalue weighted by molar-refractivity contribution is 5.91. The minimum Gasteiger partial charge on any atom is -0.374 e. The third-order valence-electron chi connectivity index (χ3n) is 4.62. The maximum atomic E-state index is 12.7. The van der Waals surface area contributed by atoms with E-state index < -0.39 is 11.7 Å². The van der Waals surface area contributed by atoms with E-state index in [1.807, 2.05) is 18.2 Å². The lowest BCUT2D eigenvalue weighted by Crippen LogP contribution is -2.46. The van der Waals surface area contributed by atoms with Crippen molar-refractivity contribution in [3.05, 3.63) is 77.4 Å². The van der Waals surface area contributed by atoms with Crippen molar-refractivity contribution in [3.63, 3.8) is 0 Å². The molecular formula is C22H23F3N2O2. The average Bonchev–Trinajstić information content (AvgIpc) is 2.71. The lowest BCUT2D eigenvalue weighted by atomic mass is 10.1. The molecule has 1 unspecified atom stereocenters. The molecule has 1 aliphatic heterocycles. The van der Waals surface area contributed by atoms with Crippen LogP contribution in [-0.2, 0) is 22.3 Å². The maximum Gasteiger partial charge on any atom is 0.416 e. The van der Waals surface area contributed by atoms with Gasteiger partial charge >= 0.3 is 6.18 Å². The summed E-state index contributed by atoms with van der Waals surface area (Å²) in [6, 6.07) is 15.0. The van der Waals surface area contributed by atoms with E-state index in [-0.39, 0.29) is 12.0 Å². The maximum absolute atomic E-state index is 12.7. The smallest absolute Gasteiger partial charge is 0.374 e. The molecule has 1 heterocycles. The molecule has 1 saturated heterocycles. The highest BCUT2D eigenvalue weighted by Crippen LogP contribution is 2.29. The zero-order valence-corrected chi connectivity index (χ0v) is 15.9. The van der Waals surface area contributed by atoms with Crippen molar-refractivity contribution >= 4 is 12.0 Å². The lowest BCUT2D eigenvalue weighted by Gasteiger charge is -2.33. The van der Waals surface area contributed by atoms with Crippen LogP contribution in [0.3, 0.4) is 0 Å². The predicted molar refractivity (Wildman–Crippen MR) is 105 cm³/mol. The molecule has 4 nitrogen and oxygen atoms in total. The normalized spacial score (nSPS) is 18.1. The number of benzene rings is 2. The highest BCUT2D eigenvalue weighted by atomic mass is 19.4. The van der Waals surface area contributed by atoms with E-state index in [9.17, 15) is 18.0 Å². The van der Waals surface area contributed by atoms with Gasteiger partial charge in [0.25, 0.3) is 0 Å². The third kappa shape index (κ3) is 6.73. The predicted octanol–water partition coefficient (Wildman–Crippen LogP) is 3.74. The van der Waals surface area contributed by atoms with Gasteiger partial charge in [-0.15, -0.1) is 0 Å². The molecule has 0 aromatic heterocycles. The van der Waals surface area contributed by atoms with Gasteiger partial charge in [0, 0.05) is 32.3 Å². The van der Waals surface area contributed by atoms with Crippen LogP contribution in [0.4, 0.5) is 13.2 Å². The van der Waals surface area contributed by atoms with Gasteiger partial charge in [-0.3, -0.25) is 9.69 Å². The van der Waals surface area contributed by atoms with Crippen molar-refractivity contribution in [1.29, 1.82) is 0 Å². The van der Waals surface area contributed by atoms with Crippen LogP contribution >= 0.6 is 0 Å². The molecule has 0 bridgehead atoms. The van der Waals surface area contributed by atoms with Crippen LogP contribution in [0.1, 0.15) is 16.7 Å². The van der Waals surface area contributed by atoms with E-state index in [0.717, 1.165) is 25.2 Å². The van der Waals surface area contributed by atoms with Gasteiger partial charge in [0.2, 0.25) is 5.91 Å². The van der Waals surface area contributed by atoms with Crippen molar-refractivity contribution in [2.24, 2.45) is 0 Å². The summed E-state index contributed by atoms with van der Waals surface area (Å²) in [7, 11) is 0. The first-order chi connectivity index (χ1) is 13.9. The molecule has 2 aromatic carbocycles. The quantitative estimate of drug-likeness (QED) is 0.746. The number of rotatable bonds is 6. The summed E-state index contributed by atoms with van der Waals surface area (Å²) in [6.07, 6.45) is -1.93. The zero-order valence-electron chi connectivity index (χ0n) is 15.9. The summed E-state index contributed by atoms with van der Waals surface area (Å²) in [4.78, 5) is 14.3. The van der Waals surface area contributed by atoms with Gasteiger partial charge in [-0.2, -0.15) is 13.2 Å². The number of hydrogen-bond donors (Lipinski definition) is 1. The standard InChI is InChI=1S/C22H23F3N2O2/c23-22(24,25)19-8-4-7-17(13-19)9-10-21(28)26-14-20-16-27(11-12-29-20)15-18-5-2-1-3-6-18/h1-10,13,20H,11-12,14-16H2,(H,26,28). The van der Waals surface area contributed by atoms with Crippen molar-refractivity contribution in [2.45, 2.75) is 18.8 Å². The van der Waals surface area contributed by atoms with Crippen LogP contribution in [0.2, 0.25) is 0 Å². The Morgan fingerprint density at radius 3 is 2.72 bits per heavy atom. The molecule has 2 aromatic rings. The SMILES string of the molecule is O=C(C=Cc1cccc(C(F)(F)F)c1)NCC1CN(Cc2ccccc2)CCO1. The van der Waals surface area contributed by atoms with E-state index >= 15 is 0 Å². The van der Waals surface area contributed by atoms with Crippen molar-refractivity contribution in [1.82, 2.24) is 10.2 Å². The summed E-state index contributed by atoms with van der Waals surface area (Å²) in [5.74, 6) is -0.369. The number of nitrogens with one attached hydrogen (secondary N) is 1. The van der Waals surface area contributed by atoms with Gasteiger partial charge in [-0.25, -0.2) is 0 Å². The van der Waals surface area contributed by atoms with Crippen LogP contribution in [0.15, 0.2) is 60.7 Å². The number of halogens is 3. The van der Waals surface area contributed by atoms with E-state index in [1.54, 1.807) is 0 Å². The average molecular weight is 404 g/mol. The minimum atomic E-state index is -4.41. The second-order valence-corrected chi connectivity index (χ2v) is 6.92. The molecule has 1 aliphatic rings. The van der Waals surface area contributed by atoms with Gasteiger partial charge in [0.15, 0.2) is 0 Å². The molecule has 0 aliphatic carbocycles. The Morgan fingerprint density at radius 2 is 1.97 bits per heavy atom. The number of carbonyl (C=O) groups is 1. The van der Waals surface area contributed by atoms with Gasteiger partial charge in [0.1, 0.15) is 0 Å². The summed E-state index contributed by atoms with van der Waals surface area (Å²) in [5.41, 5.74) is 0.799. The molecule has 1 fully saturated rings. The molecule has 0 radical (unpaired) electrons. The molecule has 29 heavy (non-hydrogen) atoms. The van der Waals surface area contributed by atoms with Crippen LogP contribution in [0.25, 0.3) is 6.08 Å². The van der Waals surface area contributed by atoms with Crippen molar-refractivity contribution in [3.8, 4) is 0 Å². The lowest BCUT2D eigenvalue weighted by molar-refractivity contribution is -0.137. The number of hydrogen-bond acceptors (Lipinski definition) is 3. The fourth-order valence-electron chi connectivity index (χ4n) is 3.15. The first-order valence-electron chi connectivity index (χ1n) is 9.41. The Morgan fingerprint density at radius 1 is 1.17 bits per heavy atom. The van der Waals surface area contributed by atoms with Crippen LogP contribution in [0, 0.1) is 0 Å². The number of alkyl halides is 3. The molecular weight excluding hydrogens is 381 g/mol. The first-order valence-corrected chi connectivity index (χ1v) is 9.41. The van der Waals surface area contributed by atoms with Crippen LogP contribution in [0.5, 0.6) is 0 Å². The Kier molecular flexibility index (Phi) is 7.06. The summed E-state index contributed by atoms with van der Waals surface area (Å²) in [6.45, 7) is 3.29. The first kappa shape index (κ1) is 21.1. The highest BCUT2D eigenvalue weighted by Gasteiger charge is 2.30. The van der Waals surface area contributed by atoms with Crippen molar-refractivity contribution < 1.29 is 22.7 Å². The zero-order chi connectivity index (χ0) is 20.7. The topological polar surface area (TPSA) is 41.6 Å². The number of ether oxygens (including phenoxy) is 1. The molecule has 154 valence electrons. The number of nitrogens with zero attached hydrogens (tertiary/aromatic N) is 1. The molecule has 0 spiro atoms. The van der Waals surface area contributed by atoms with E-state index in [1.165, 1.54) is 29.8 Å². The second-order valence-electron chi connectivity index (χ2n) is 6.92. The molecule has 0 saturated carbocycles. The van der Waals surface area contributed by atoms with Gasteiger partial charge in [-0.05, 0) is 29.3 Å². The number of carbonyl (C=O) groups excluding carboxylic acids is 1. The number of amides is 1. The number of morpholine rings is 1. The second kappa shape index (κ2) is 9.71. The minimum absolute atomic E-state index is 0.127. The fourth-order valence-corrected chi connectivity index (χ4v) is 3.15. The monoisotopic (exact) mass is 404 g/mol. The summed E-state index contributed by atoms with van der Waals surface area (Å²) >= 11 is 0. The summed E-state index contributed by atoms with van der Waals surface area (Å²) < 4.78 is 43.9. The molecule has 1 atom stereocenters. The Labute approximate surface area is 168 Å². The van der Waals surface area contributed by atoms with E-state index in [0.29, 0.717) is 25.3 Å². The third-order valence-corrected chi connectivity index (χ3v) is 4.62. The van der Waals surface area contributed by atoms with Gasteiger partial charge < -0.3 is 10.1 Å². The molecule has 1 N–H and O–H groups in total. The van der Waals surface area contributed by atoms with E-state index in [2.05, 4.69) is 22.3 Å². The molecule has 3 rings (SSSR count). The van der Waals surface area contributed by atoms with E-state index in [4.69, 9.17) is 4.74 Å².